The highest BCUT2D eigenvalue weighted by Gasteiger charge is 2.16. The number of hydrogen-bond donors (Lipinski definition) is 1. The normalized spacial score (nSPS) is 12.2. The molecular formula is C22H19FN4O3S. The van der Waals surface area contributed by atoms with Crippen molar-refractivity contribution in [2.45, 2.75) is 13.5 Å². The molecule has 2 aromatic carbocycles. The summed E-state index contributed by atoms with van der Waals surface area (Å²) in [5.41, 5.74) is 3.52. The summed E-state index contributed by atoms with van der Waals surface area (Å²) in [6, 6.07) is 12.5. The summed E-state index contributed by atoms with van der Waals surface area (Å²) in [5, 5.41) is 8.77. The number of aryl methyl sites for hydroxylation is 1. The predicted molar refractivity (Wildman–Crippen MR) is 116 cm³/mol. The van der Waals surface area contributed by atoms with Crippen LogP contribution in [0.25, 0.3) is 16.3 Å². The SMILES string of the molecule is COc1cc(CNc2nc(C)c(-c3ccn(-c4ccc5c(c4)OCO5)n3)s2)ccc1F. The van der Waals surface area contributed by atoms with E-state index in [2.05, 4.69) is 10.3 Å². The number of anilines is 1. The Labute approximate surface area is 182 Å². The van der Waals surface area contributed by atoms with Crippen LogP contribution in [0.1, 0.15) is 11.3 Å². The van der Waals surface area contributed by atoms with Crippen LogP contribution in [-0.4, -0.2) is 28.7 Å². The fourth-order valence-corrected chi connectivity index (χ4v) is 4.25. The Kier molecular flexibility index (Phi) is 4.95. The molecule has 0 unspecified atom stereocenters. The van der Waals surface area contributed by atoms with E-state index < -0.39 is 0 Å². The highest BCUT2D eigenvalue weighted by molar-refractivity contribution is 7.19. The molecule has 0 saturated heterocycles. The summed E-state index contributed by atoms with van der Waals surface area (Å²) >= 11 is 1.53. The van der Waals surface area contributed by atoms with Gasteiger partial charge in [0, 0.05) is 18.8 Å². The van der Waals surface area contributed by atoms with Gasteiger partial charge in [0.2, 0.25) is 6.79 Å². The molecule has 2 aromatic heterocycles. The standard InChI is InChI=1S/C22H19FN4O3S/c1-13-21(31-22(25-13)24-11-14-3-5-16(23)19(9-14)28-2)17-7-8-27(26-17)15-4-6-18-20(10-15)30-12-29-18/h3-10H,11-12H2,1-2H3,(H,24,25). The molecular weight excluding hydrogens is 419 g/mol. The predicted octanol–water partition coefficient (Wildman–Crippen LogP) is 4.79. The third-order valence-electron chi connectivity index (χ3n) is 4.90. The Morgan fingerprint density at radius 3 is 2.90 bits per heavy atom. The van der Waals surface area contributed by atoms with Gasteiger partial charge < -0.3 is 19.5 Å². The van der Waals surface area contributed by atoms with Crippen LogP contribution in [0.5, 0.6) is 17.2 Å². The number of hydrogen-bond acceptors (Lipinski definition) is 7. The number of nitrogens with one attached hydrogen (secondary N) is 1. The lowest BCUT2D eigenvalue weighted by Gasteiger charge is -2.06. The van der Waals surface area contributed by atoms with E-state index in [0.29, 0.717) is 12.3 Å². The lowest BCUT2D eigenvalue weighted by Crippen LogP contribution is -2.00. The van der Waals surface area contributed by atoms with Gasteiger partial charge in [-0.3, -0.25) is 0 Å². The monoisotopic (exact) mass is 438 g/mol. The molecule has 0 fully saturated rings. The molecule has 9 heteroatoms. The Balaban J connectivity index is 1.33. The molecule has 1 N–H and O–H groups in total. The van der Waals surface area contributed by atoms with E-state index in [4.69, 9.17) is 19.3 Å². The van der Waals surface area contributed by atoms with Crippen LogP contribution < -0.4 is 19.5 Å². The molecule has 31 heavy (non-hydrogen) atoms. The van der Waals surface area contributed by atoms with E-state index in [1.807, 2.05) is 37.4 Å². The fraction of sp³-hybridized carbons (Fsp3) is 0.182. The molecule has 0 aliphatic carbocycles. The first-order chi connectivity index (χ1) is 15.1. The number of nitrogens with zero attached hydrogens (tertiary/aromatic N) is 3. The zero-order valence-corrected chi connectivity index (χ0v) is 17.7. The summed E-state index contributed by atoms with van der Waals surface area (Å²) < 4.78 is 31.2. The van der Waals surface area contributed by atoms with Crippen molar-refractivity contribution in [3.63, 3.8) is 0 Å². The third-order valence-corrected chi connectivity index (χ3v) is 6.04. The van der Waals surface area contributed by atoms with Crippen LogP contribution >= 0.6 is 11.3 Å². The van der Waals surface area contributed by atoms with Crippen LogP contribution in [-0.2, 0) is 6.54 Å². The summed E-state index contributed by atoms with van der Waals surface area (Å²) in [7, 11) is 1.45. The van der Waals surface area contributed by atoms with Crippen molar-refractivity contribution >= 4 is 16.5 Å². The average molecular weight is 438 g/mol. The number of thiazole rings is 1. The number of rotatable bonds is 6. The minimum absolute atomic E-state index is 0.226. The summed E-state index contributed by atoms with van der Waals surface area (Å²) in [5.74, 6) is 1.30. The smallest absolute Gasteiger partial charge is 0.231 e. The Morgan fingerprint density at radius 1 is 1.16 bits per heavy atom. The Bertz CT molecular complexity index is 1250. The molecule has 5 rings (SSSR count). The molecule has 0 radical (unpaired) electrons. The van der Waals surface area contributed by atoms with Gasteiger partial charge in [0.05, 0.1) is 23.4 Å². The minimum atomic E-state index is -0.378. The quantitative estimate of drug-likeness (QED) is 0.467. The molecule has 7 nitrogen and oxygen atoms in total. The van der Waals surface area contributed by atoms with Crippen molar-refractivity contribution in [1.82, 2.24) is 14.8 Å². The molecule has 0 bridgehead atoms. The van der Waals surface area contributed by atoms with Crippen molar-refractivity contribution in [2.24, 2.45) is 0 Å². The minimum Gasteiger partial charge on any atom is -0.494 e. The number of benzene rings is 2. The molecule has 0 saturated carbocycles. The van der Waals surface area contributed by atoms with Gasteiger partial charge in [-0.15, -0.1) is 0 Å². The topological polar surface area (TPSA) is 70.4 Å². The first-order valence-electron chi connectivity index (χ1n) is 9.60. The van der Waals surface area contributed by atoms with Crippen LogP contribution in [0.3, 0.4) is 0 Å². The largest absolute Gasteiger partial charge is 0.494 e. The summed E-state index contributed by atoms with van der Waals surface area (Å²) in [4.78, 5) is 5.59. The van der Waals surface area contributed by atoms with Crippen LogP contribution in [0.15, 0.2) is 48.7 Å². The van der Waals surface area contributed by atoms with Crippen molar-refractivity contribution in [2.75, 3.05) is 19.2 Å². The lowest BCUT2D eigenvalue weighted by molar-refractivity contribution is 0.174. The molecule has 1 aliphatic rings. The van der Waals surface area contributed by atoms with Gasteiger partial charge >= 0.3 is 0 Å². The van der Waals surface area contributed by atoms with Gasteiger partial charge in [0.25, 0.3) is 0 Å². The Morgan fingerprint density at radius 2 is 2.03 bits per heavy atom. The molecule has 3 heterocycles. The van der Waals surface area contributed by atoms with E-state index in [0.717, 1.165) is 38.4 Å². The van der Waals surface area contributed by atoms with Crippen molar-refractivity contribution in [3.8, 4) is 33.5 Å². The lowest BCUT2D eigenvalue weighted by atomic mass is 10.2. The second kappa shape index (κ2) is 7.92. The maximum atomic E-state index is 13.6. The molecule has 0 spiro atoms. The maximum absolute atomic E-state index is 13.6. The van der Waals surface area contributed by atoms with Crippen LogP contribution in [0.2, 0.25) is 0 Å². The first-order valence-corrected chi connectivity index (χ1v) is 10.4. The number of fused-ring (bicyclic) bond motifs is 1. The fourth-order valence-electron chi connectivity index (χ4n) is 3.32. The van der Waals surface area contributed by atoms with Gasteiger partial charge in [-0.1, -0.05) is 17.4 Å². The zero-order valence-electron chi connectivity index (χ0n) is 16.9. The molecule has 0 amide bonds. The summed E-state index contributed by atoms with van der Waals surface area (Å²) in [6.45, 7) is 2.70. The molecule has 1 aliphatic heterocycles. The van der Waals surface area contributed by atoms with Gasteiger partial charge in [-0.25, -0.2) is 14.1 Å². The summed E-state index contributed by atoms with van der Waals surface area (Å²) in [6.07, 6.45) is 1.91. The van der Waals surface area contributed by atoms with E-state index in [-0.39, 0.29) is 18.4 Å². The van der Waals surface area contributed by atoms with E-state index in [1.165, 1.54) is 24.5 Å². The van der Waals surface area contributed by atoms with Gasteiger partial charge in [0.15, 0.2) is 28.2 Å². The number of halogens is 1. The zero-order chi connectivity index (χ0) is 21.4. The maximum Gasteiger partial charge on any atom is 0.231 e. The molecule has 158 valence electrons. The first kappa shape index (κ1) is 19.4. The van der Waals surface area contributed by atoms with Crippen molar-refractivity contribution in [1.29, 1.82) is 0 Å². The van der Waals surface area contributed by atoms with Crippen molar-refractivity contribution in [3.05, 3.63) is 65.7 Å². The molecule has 4 aromatic rings. The van der Waals surface area contributed by atoms with Crippen LogP contribution in [0, 0.1) is 12.7 Å². The van der Waals surface area contributed by atoms with E-state index in [9.17, 15) is 4.39 Å². The second-order valence-electron chi connectivity index (χ2n) is 6.94. The number of ether oxygens (including phenoxy) is 3. The molecule has 0 atom stereocenters. The van der Waals surface area contributed by atoms with E-state index >= 15 is 0 Å². The highest BCUT2D eigenvalue weighted by Crippen LogP contribution is 2.35. The van der Waals surface area contributed by atoms with E-state index in [1.54, 1.807) is 16.8 Å². The Hall–Kier alpha value is -3.59. The van der Waals surface area contributed by atoms with Crippen molar-refractivity contribution < 1.29 is 18.6 Å². The number of methoxy groups -OCH3 is 1. The second-order valence-corrected chi connectivity index (χ2v) is 7.94. The highest BCUT2D eigenvalue weighted by atomic mass is 32.1. The average Bonchev–Trinajstić information content (AvgIpc) is 3.52. The van der Waals surface area contributed by atoms with Gasteiger partial charge in [0.1, 0.15) is 5.69 Å². The van der Waals surface area contributed by atoms with Gasteiger partial charge in [-0.05, 0) is 42.8 Å². The van der Waals surface area contributed by atoms with Gasteiger partial charge in [-0.2, -0.15) is 5.10 Å². The third kappa shape index (κ3) is 3.79. The van der Waals surface area contributed by atoms with Crippen LogP contribution in [0.4, 0.5) is 9.52 Å². The number of aromatic nitrogens is 3.